The Kier molecular flexibility index (Phi) is 5.37. The van der Waals surface area contributed by atoms with Gasteiger partial charge in [0.15, 0.2) is 0 Å². The van der Waals surface area contributed by atoms with E-state index in [1.165, 1.54) is 0 Å². The number of amides is 1. The van der Waals surface area contributed by atoms with Gasteiger partial charge >= 0.3 is 0 Å². The Labute approximate surface area is 148 Å². The monoisotopic (exact) mass is 328 g/mol. The molecule has 1 amide bonds. The van der Waals surface area contributed by atoms with Gasteiger partial charge in [-0.2, -0.15) is 5.10 Å². The summed E-state index contributed by atoms with van der Waals surface area (Å²) in [7, 11) is 0. The summed E-state index contributed by atoms with van der Waals surface area (Å²) in [6.45, 7) is 2.02. The van der Waals surface area contributed by atoms with Crippen LogP contribution in [0.3, 0.4) is 0 Å². The minimum Gasteiger partial charge on any atom is -0.267 e. The average Bonchev–Trinajstić information content (AvgIpc) is 2.70. The molecule has 1 N–H and O–H groups in total. The lowest BCUT2D eigenvalue weighted by Gasteiger charge is -2.06. The number of carbonyl (C=O) groups is 1. The fraction of sp³-hybridized carbons (Fsp3) is 0.0909. The summed E-state index contributed by atoms with van der Waals surface area (Å²) in [5.41, 5.74) is 7.33. The molecule has 0 aliphatic heterocycles. The molecular weight excluding hydrogens is 308 g/mol. The SMILES string of the molecule is CC/C(=N\NC(=O)c1ccc(-c2ccccc2)cc1)c1ccccc1. The number of rotatable bonds is 5. The van der Waals surface area contributed by atoms with Gasteiger partial charge in [-0.3, -0.25) is 4.79 Å². The average molecular weight is 328 g/mol. The third-order valence-corrected chi connectivity index (χ3v) is 3.99. The molecule has 0 aliphatic rings. The van der Waals surface area contributed by atoms with Crippen LogP contribution in [0, 0.1) is 0 Å². The van der Waals surface area contributed by atoms with E-state index in [9.17, 15) is 4.79 Å². The predicted molar refractivity (Wildman–Crippen MR) is 103 cm³/mol. The van der Waals surface area contributed by atoms with Gasteiger partial charge in [0, 0.05) is 5.56 Å². The zero-order valence-corrected chi connectivity index (χ0v) is 14.1. The zero-order chi connectivity index (χ0) is 17.5. The van der Waals surface area contributed by atoms with Crippen molar-refractivity contribution >= 4 is 11.6 Å². The van der Waals surface area contributed by atoms with E-state index in [0.717, 1.165) is 28.8 Å². The standard InChI is InChI=1S/C22H20N2O/c1-2-21(19-11-7-4-8-12-19)23-24-22(25)20-15-13-18(14-16-20)17-9-5-3-6-10-17/h3-16H,2H2,1H3,(H,24,25)/b23-21+. The highest BCUT2D eigenvalue weighted by atomic mass is 16.2. The van der Waals surface area contributed by atoms with Gasteiger partial charge in [0.2, 0.25) is 0 Å². The zero-order valence-electron chi connectivity index (χ0n) is 14.1. The van der Waals surface area contributed by atoms with E-state index < -0.39 is 0 Å². The molecule has 0 saturated carbocycles. The maximum absolute atomic E-state index is 12.3. The fourth-order valence-corrected chi connectivity index (χ4v) is 2.61. The van der Waals surface area contributed by atoms with E-state index in [1.807, 2.05) is 91.9 Å². The third kappa shape index (κ3) is 4.21. The summed E-state index contributed by atoms with van der Waals surface area (Å²) in [6, 6.07) is 27.5. The minimum absolute atomic E-state index is 0.207. The van der Waals surface area contributed by atoms with Crippen molar-refractivity contribution in [3.05, 3.63) is 96.1 Å². The Bertz CT molecular complexity index is 854. The second-order valence-corrected chi connectivity index (χ2v) is 5.66. The van der Waals surface area contributed by atoms with E-state index in [2.05, 4.69) is 10.5 Å². The molecule has 0 radical (unpaired) electrons. The lowest BCUT2D eigenvalue weighted by atomic mass is 10.0. The molecule has 0 bridgehead atoms. The van der Waals surface area contributed by atoms with Crippen LogP contribution in [0.5, 0.6) is 0 Å². The van der Waals surface area contributed by atoms with Crippen LogP contribution >= 0.6 is 0 Å². The Morgan fingerprint density at radius 3 is 1.92 bits per heavy atom. The number of carbonyl (C=O) groups excluding carboxylic acids is 1. The first-order valence-electron chi connectivity index (χ1n) is 8.35. The van der Waals surface area contributed by atoms with Crippen LogP contribution in [-0.4, -0.2) is 11.6 Å². The maximum atomic E-state index is 12.3. The van der Waals surface area contributed by atoms with Gasteiger partial charge in [-0.05, 0) is 35.2 Å². The lowest BCUT2D eigenvalue weighted by molar-refractivity contribution is 0.0955. The van der Waals surface area contributed by atoms with E-state index in [1.54, 1.807) is 0 Å². The Morgan fingerprint density at radius 1 is 0.760 bits per heavy atom. The topological polar surface area (TPSA) is 41.5 Å². The predicted octanol–water partition coefficient (Wildman–Crippen LogP) is 4.90. The fourth-order valence-electron chi connectivity index (χ4n) is 2.61. The number of hydrazone groups is 1. The van der Waals surface area contributed by atoms with Crippen LogP contribution in [0.15, 0.2) is 90.0 Å². The van der Waals surface area contributed by atoms with Crippen LogP contribution < -0.4 is 5.43 Å². The maximum Gasteiger partial charge on any atom is 0.271 e. The van der Waals surface area contributed by atoms with Crippen LogP contribution in [0.2, 0.25) is 0 Å². The number of hydrogen-bond acceptors (Lipinski definition) is 2. The molecule has 3 aromatic rings. The van der Waals surface area contributed by atoms with Crippen molar-refractivity contribution in [3.63, 3.8) is 0 Å². The highest BCUT2D eigenvalue weighted by molar-refractivity contribution is 6.02. The van der Waals surface area contributed by atoms with Gasteiger partial charge in [-0.15, -0.1) is 0 Å². The van der Waals surface area contributed by atoms with Crippen molar-refractivity contribution in [2.45, 2.75) is 13.3 Å². The summed E-state index contributed by atoms with van der Waals surface area (Å²) in [5, 5.41) is 4.29. The van der Waals surface area contributed by atoms with Crippen LogP contribution in [0.4, 0.5) is 0 Å². The first kappa shape index (κ1) is 16.7. The van der Waals surface area contributed by atoms with Crippen molar-refractivity contribution in [1.82, 2.24) is 5.43 Å². The van der Waals surface area contributed by atoms with Crippen LogP contribution in [0.1, 0.15) is 29.3 Å². The summed E-state index contributed by atoms with van der Waals surface area (Å²) in [4.78, 5) is 12.3. The molecule has 0 aromatic heterocycles. The first-order valence-corrected chi connectivity index (χ1v) is 8.35. The highest BCUT2D eigenvalue weighted by Crippen LogP contribution is 2.19. The molecule has 0 unspecified atom stereocenters. The van der Waals surface area contributed by atoms with Crippen molar-refractivity contribution in [2.75, 3.05) is 0 Å². The van der Waals surface area contributed by atoms with Crippen molar-refractivity contribution in [2.24, 2.45) is 5.10 Å². The normalized spacial score (nSPS) is 11.2. The summed E-state index contributed by atoms with van der Waals surface area (Å²) >= 11 is 0. The first-order chi connectivity index (χ1) is 12.3. The summed E-state index contributed by atoms with van der Waals surface area (Å²) in [6.07, 6.45) is 0.747. The largest absolute Gasteiger partial charge is 0.271 e. The van der Waals surface area contributed by atoms with E-state index in [0.29, 0.717) is 5.56 Å². The molecule has 0 heterocycles. The van der Waals surface area contributed by atoms with E-state index >= 15 is 0 Å². The van der Waals surface area contributed by atoms with E-state index in [4.69, 9.17) is 0 Å². The molecule has 0 saturated heterocycles. The molecule has 0 aliphatic carbocycles. The van der Waals surface area contributed by atoms with Gasteiger partial charge in [0.1, 0.15) is 0 Å². The van der Waals surface area contributed by atoms with Crippen molar-refractivity contribution in [3.8, 4) is 11.1 Å². The molecule has 3 nitrogen and oxygen atoms in total. The Balaban J connectivity index is 1.72. The van der Waals surface area contributed by atoms with Gasteiger partial charge < -0.3 is 0 Å². The number of hydrogen-bond donors (Lipinski definition) is 1. The van der Waals surface area contributed by atoms with Crippen LogP contribution in [0.25, 0.3) is 11.1 Å². The molecule has 3 aromatic carbocycles. The highest BCUT2D eigenvalue weighted by Gasteiger charge is 2.06. The molecule has 0 spiro atoms. The van der Waals surface area contributed by atoms with Gasteiger partial charge in [0.25, 0.3) is 5.91 Å². The van der Waals surface area contributed by atoms with Crippen molar-refractivity contribution < 1.29 is 4.79 Å². The third-order valence-electron chi connectivity index (χ3n) is 3.99. The quantitative estimate of drug-likeness (QED) is 0.525. The number of nitrogens with zero attached hydrogens (tertiary/aromatic N) is 1. The second-order valence-electron chi connectivity index (χ2n) is 5.66. The summed E-state index contributed by atoms with van der Waals surface area (Å²) in [5.74, 6) is -0.207. The smallest absolute Gasteiger partial charge is 0.267 e. The number of nitrogens with one attached hydrogen (secondary N) is 1. The molecule has 0 atom stereocenters. The lowest BCUT2D eigenvalue weighted by Crippen LogP contribution is -2.19. The Morgan fingerprint density at radius 2 is 1.32 bits per heavy atom. The minimum atomic E-state index is -0.207. The van der Waals surface area contributed by atoms with Gasteiger partial charge in [-0.1, -0.05) is 79.7 Å². The van der Waals surface area contributed by atoms with Gasteiger partial charge in [-0.25, -0.2) is 5.43 Å². The summed E-state index contributed by atoms with van der Waals surface area (Å²) < 4.78 is 0. The molecule has 3 rings (SSSR count). The number of benzene rings is 3. The second kappa shape index (κ2) is 8.06. The molecule has 25 heavy (non-hydrogen) atoms. The molecule has 0 fully saturated rings. The Hall–Kier alpha value is -3.20. The molecular formula is C22H20N2O. The van der Waals surface area contributed by atoms with E-state index in [-0.39, 0.29) is 5.91 Å². The molecule has 3 heteroatoms. The molecule has 124 valence electrons. The van der Waals surface area contributed by atoms with Crippen LogP contribution in [-0.2, 0) is 0 Å². The van der Waals surface area contributed by atoms with Gasteiger partial charge in [0.05, 0.1) is 5.71 Å². The van der Waals surface area contributed by atoms with Crippen molar-refractivity contribution in [1.29, 1.82) is 0 Å².